The summed E-state index contributed by atoms with van der Waals surface area (Å²) in [5.41, 5.74) is 1.68. The van der Waals surface area contributed by atoms with Crippen molar-refractivity contribution in [2.24, 2.45) is 0 Å². The number of carbonyl (C=O) groups excluding carboxylic acids is 1. The zero-order chi connectivity index (χ0) is 14.8. The molecule has 1 aliphatic rings. The van der Waals surface area contributed by atoms with Crippen molar-refractivity contribution in [1.82, 2.24) is 10.3 Å². The standard InChI is InChI=1S/C15H13ClFN3O/c16-12-7-10(3-4-13(12)17)19-11-5-6-18-14(8-11)15(21)20-9-1-2-9/h3-9H,1-2H2,(H,18,19)(H,20,21). The first kappa shape index (κ1) is 13.8. The van der Waals surface area contributed by atoms with Crippen LogP contribution in [0.25, 0.3) is 0 Å². The van der Waals surface area contributed by atoms with Gasteiger partial charge in [-0.3, -0.25) is 9.78 Å². The molecule has 108 valence electrons. The van der Waals surface area contributed by atoms with Crippen molar-refractivity contribution in [1.29, 1.82) is 0 Å². The van der Waals surface area contributed by atoms with Crippen LogP contribution in [0.2, 0.25) is 5.02 Å². The molecule has 0 aliphatic heterocycles. The fourth-order valence-corrected chi connectivity index (χ4v) is 2.04. The van der Waals surface area contributed by atoms with Gasteiger partial charge in [0.05, 0.1) is 5.02 Å². The van der Waals surface area contributed by atoms with E-state index < -0.39 is 5.82 Å². The molecular weight excluding hydrogens is 293 g/mol. The van der Waals surface area contributed by atoms with E-state index in [0.29, 0.717) is 17.1 Å². The Morgan fingerprint density at radius 1 is 1.24 bits per heavy atom. The molecule has 3 rings (SSSR count). The number of carbonyl (C=O) groups is 1. The lowest BCUT2D eigenvalue weighted by atomic mass is 10.2. The molecule has 1 heterocycles. The van der Waals surface area contributed by atoms with Gasteiger partial charge in [-0.1, -0.05) is 11.6 Å². The number of nitrogens with one attached hydrogen (secondary N) is 2. The second-order valence-electron chi connectivity index (χ2n) is 4.93. The first-order valence-electron chi connectivity index (χ1n) is 6.61. The van der Waals surface area contributed by atoms with E-state index in [0.717, 1.165) is 12.8 Å². The maximum Gasteiger partial charge on any atom is 0.270 e. The second-order valence-corrected chi connectivity index (χ2v) is 5.34. The third-order valence-electron chi connectivity index (χ3n) is 3.11. The highest BCUT2D eigenvalue weighted by Crippen LogP contribution is 2.23. The van der Waals surface area contributed by atoms with Gasteiger partial charge in [0.1, 0.15) is 11.5 Å². The van der Waals surface area contributed by atoms with Crippen molar-refractivity contribution < 1.29 is 9.18 Å². The minimum atomic E-state index is -0.471. The van der Waals surface area contributed by atoms with Gasteiger partial charge in [0, 0.05) is 23.6 Å². The Bertz CT molecular complexity index is 688. The van der Waals surface area contributed by atoms with E-state index in [4.69, 9.17) is 11.6 Å². The van der Waals surface area contributed by atoms with Gasteiger partial charge in [-0.05, 0) is 43.2 Å². The summed E-state index contributed by atoms with van der Waals surface area (Å²) in [4.78, 5) is 16.0. The molecule has 1 aliphatic carbocycles. The highest BCUT2D eigenvalue weighted by Gasteiger charge is 2.24. The van der Waals surface area contributed by atoms with Crippen LogP contribution in [0, 0.1) is 5.82 Å². The van der Waals surface area contributed by atoms with Crippen molar-refractivity contribution in [3.63, 3.8) is 0 Å². The summed E-state index contributed by atoms with van der Waals surface area (Å²) in [5, 5.41) is 5.99. The molecule has 0 atom stereocenters. The maximum atomic E-state index is 13.1. The third kappa shape index (κ3) is 3.49. The summed E-state index contributed by atoms with van der Waals surface area (Å²) in [6.07, 6.45) is 3.60. The molecule has 2 aromatic rings. The Hall–Kier alpha value is -2.14. The van der Waals surface area contributed by atoms with E-state index in [9.17, 15) is 9.18 Å². The number of benzene rings is 1. The van der Waals surface area contributed by atoms with Gasteiger partial charge in [-0.2, -0.15) is 0 Å². The molecule has 0 saturated heterocycles. The quantitative estimate of drug-likeness (QED) is 0.909. The van der Waals surface area contributed by atoms with Crippen LogP contribution in [0.5, 0.6) is 0 Å². The number of hydrogen-bond donors (Lipinski definition) is 2. The molecular formula is C15H13ClFN3O. The van der Waals surface area contributed by atoms with Gasteiger partial charge < -0.3 is 10.6 Å². The smallest absolute Gasteiger partial charge is 0.270 e. The van der Waals surface area contributed by atoms with Crippen molar-refractivity contribution >= 4 is 28.9 Å². The predicted molar refractivity (Wildman–Crippen MR) is 79.4 cm³/mol. The molecule has 6 heteroatoms. The molecule has 0 radical (unpaired) electrons. The van der Waals surface area contributed by atoms with Crippen molar-refractivity contribution in [2.75, 3.05) is 5.32 Å². The minimum absolute atomic E-state index is 0.0424. The summed E-state index contributed by atoms with van der Waals surface area (Å²) < 4.78 is 13.1. The van der Waals surface area contributed by atoms with E-state index in [-0.39, 0.29) is 17.0 Å². The van der Waals surface area contributed by atoms with E-state index in [1.165, 1.54) is 12.1 Å². The fourth-order valence-electron chi connectivity index (χ4n) is 1.86. The Morgan fingerprint density at radius 3 is 2.71 bits per heavy atom. The summed E-state index contributed by atoms with van der Waals surface area (Å²) in [5.74, 6) is -0.653. The Morgan fingerprint density at radius 2 is 2.00 bits per heavy atom. The fraction of sp³-hybridized carbons (Fsp3) is 0.200. The van der Waals surface area contributed by atoms with Crippen molar-refractivity contribution in [3.8, 4) is 0 Å². The monoisotopic (exact) mass is 305 g/mol. The Kier molecular flexibility index (Phi) is 3.75. The normalized spacial score (nSPS) is 13.8. The molecule has 1 aromatic heterocycles. The SMILES string of the molecule is O=C(NC1CC1)c1cc(Nc2ccc(F)c(Cl)c2)ccn1. The van der Waals surface area contributed by atoms with Gasteiger partial charge in [-0.25, -0.2) is 4.39 Å². The van der Waals surface area contributed by atoms with Crippen LogP contribution in [0.3, 0.4) is 0 Å². The number of pyridine rings is 1. The van der Waals surface area contributed by atoms with Crippen LogP contribution < -0.4 is 10.6 Å². The molecule has 1 fully saturated rings. The van der Waals surface area contributed by atoms with Crippen LogP contribution in [0.4, 0.5) is 15.8 Å². The highest BCUT2D eigenvalue weighted by molar-refractivity contribution is 6.31. The zero-order valence-corrected chi connectivity index (χ0v) is 11.8. The molecule has 0 unspecified atom stereocenters. The van der Waals surface area contributed by atoms with Crippen molar-refractivity contribution in [3.05, 3.63) is 53.1 Å². The zero-order valence-electron chi connectivity index (χ0n) is 11.1. The molecule has 4 nitrogen and oxygen atoms in total. The van der Waals surface area contributed by atoms with Crippen LogP contribution in [0.15, 0.2) is 36.5 Å². The molecule has 1 saturated carbocycles. The molecule has 1 aromatic carbocycles. The largest absolute Gasteiger partial charge is 0.355 e. The number of amides is 1. The number of halogens is 2. The predicted octanol–water partition coefficient (Wildman–Crippen LogP) is 3.51. The maximum absolute atomic E-state index is 13.1. The summed E-state index contributed by atoms with van der Waals surface area (Å²) in [6.45, 7) is 0. The first-order chi connectivity index (χ1) is 10.1. The molecule has 2 N–H and O–H groups in total. The highest BCUT2D eigenvalue weighted by atomic mass is 35.5. The number of hydrogen-bond acceptors (Lipinski definition) is 3. The van der Waals surface area contributed by atoms with Crippen molar-refractivity contribution in [2.45, 2.75) is 18.9 Å². The topological polar surface area (TPSA) is 54.0 Å². The number of anilines is 2. The van der Waals surface area contributed by atoms with Crippen LogP contribution in [0.1, 0.15) is 23.3 Å². The van der Waals surface area contributed by atoms with Gasteiger partial charge >= 0.3 is 0 Å². The van der Waals surface area contributed by atoms with E-state index >= 15 is 0 Å². The number of aromatic nitrogens is 1. The van der Waals surface area contributed by atoms with Crippen LogP contribution >= 0.6 is 11.6 Å². The average Bonchev–Trinajstić information content (AvgIpc) is 3.27. The Labute approximate surface area is 126 Å². The van der Waals surface area contributed by atoms with Crippen LogP contribution in [-0.2, 0) is 0 Å². The number of rotatable bonds is 4. The van der Waals surface area contributed by atoms with E-state index in [2.05, 4.69) is 15.6 Å². The van der Waals surface area contributed by atoms with E-state index in [1.54, 1.807) is 24.4 Å². The van der Waals surface area contributed by atoms with Gasteiger partial charge in [-0.15, -0.1) is 0 Å². The van der Waals surface area contributed by atoms with Gasteiger partial charge in [0.25, 0.3) is 5.91 Å². The molecule has 0 spiro atoms. The molecule has 1 amide bonds. The van der Waals surface area contributed by atoms with Gasteiger partial charge in [0.2, 0.25) is 0 Å². The molecule has 21 heavy (non-hydrogen) atoms. The average molecular weight is 306 g/mol. The lowest BCUT2D eigenvalue weighted by Gasteiger charge is -2.08. The van der Waals surface area contributed by atoms with Crippen LogP contribution in [-0.4, -0.2) is 16.9 Å². The van der Waals surface area contributed by atoms with E-state index in [1.807, 2.05) is 0 Å². The third-order valence-corrected chi connectivity index (χ3v) is 3.40. The number of nitrogens with zero attached hydrogens (tertiary/aromatic N) is 1. The summed E-state index contributed by atoms with van der Waals surface area (Å²) in [7, 11) is 0. The minimum Gasteiger partial charge on any atom is -0.355 e. The summed E-state index contributed by atoms with van der Waals surface area (Å²) >= 11 is 5.73. The lowest BCUT2D eigenvalue weighted by Crippen LogP contribution is -2.26. The first-order valence-corrected chi connectivity index (χ1v) is 6.98. The Balaban J connectivity index is 1.75. The molecule has 0 bridgehead atoms. The summed E-state index contributed by atoms with van der Waals surface area (Å²) in [6, 6.07) is 8.01. The van der Waals surface area contributed by atoms with Gasteiger partial charge in [0.15, 0.2) is 0 Å². The lowest BCUT2D eigenvalue weighted by molar-refractivity contribution is 0.0946. The second kappa shape index (κ2) is 5.69.